The van der Waals surface area contributed by atoms with E-state index < -0.39 is 22.6 Å². The molecule has 0 atom stereocenters. The molecule has 0 saturated heterocycles. The minimum absolute atomic E-state index is 0.0780. The second-order valence-corrected chi connectivity index (χ2v) is 10.4. The van der Waals surface area contributed by atoms with Crippen LogP contribution in [0.4, 0.5) is 0 Å². The number of carboxylic acid groups (broad SMARTS) is 1. The van der Waals surface area contributed by atoms with Crippen molar-refractivity contribution in [2.45, 2.75) is 30.1 Å². The molecule has 0 spiro atoms. The van der Waals surface area contributed by atoms with Gasteiger partial charge in [0.05, 0.1) is 4.90 Å². The summed E-state index contributed by atoms with van der Waals surface area (Å²) in [6.07, 6.45) is 0.674. The van der Waals surface area contributed by atoms with Gasteiger partial charge in [-0.15, -0.1) is 11.8 Å². The number of thioether (sulfide) groups is 1. The third kappa shape index (κ3) is 7.06. The normalized spacial score (nSPS) is 11.6. The van der Waals surface area contributed by atoms with Gasteiger partial charge < -0.3 is 9.84 Å². The monoisotopic (exact) mass is 491 g/mol. The number of halogens is 2. The number of hydrogen-bond donors (Lipinski definition) is 1. The Bertz CT molecular complexity index is 978. The van der Waals surface area contributed by atoms with Crippen molar-refractivity contribution in [2.24, 2.45) is 0 Å². The summed E-state index contributed by atoms with van der Waals surface area (Å²) in [5.41, 5.74) is 0.813. The van der Waals surface area contributed by atoms with E-state index in [2.05, 4.69) is 0 Å². The van der Waals surface area contributed by atoms with Crippen molar-refractivity contribution in [3.05, 3.63) is 52.0 Å². The number of carboxylic acids is 1. The minimum Gasteiger partial charge on any atom is -0.482 e. The molecule has 10 heteroatoms. The molecule has 0 aliphatic rings. The first-order valence-electron chi connectivity index (χ1n) is 9.17. The summed E-state index contributed by atoms with van der Waals surface area (Å²) in [6, 6.07) is 9.72. The second-order valence-electron chi connectivity index (χ2n) is 6.47. The van der Waals surface area contributed by atoms with E-state index in [9.17, 15) is 13.2 Å². The zero-order valence-electron chi connectivity index (χ0n) is 16.6. The molecule has 0 saturated carbocycles. The number of benzene rings is 2. The van der Waals surface area contributed by atoms with Crippen molar-refractivity contribution in [3.63, 3.8) is 0 Å². The van der Waals surface area contributed by atoms with E-state index in [1.165, 1.54) is 34.3 Å². The Morgan fingerprint density at radius 3 is 2.37 bits per heavy atom. The Hall–Kier alpha value is -1.45. The van der Waals surface area contributed by atoms with Crippen LogP contribution >= 0.6 is 35.0 Å². The number of sulfonamides is 1. The molecule has 0 radical (unpaired) electrons. The van der Waals surface area contributed by atoms with E-state index in [4.69, 9.17) is 33.0 Å². The van der Waals surface area contributed by atoms with E-state index in [1.54, 1.807) is 6.07 Å². The Balaban J connectivity index is 2.06. The summed E-state index contributed by atoms with van der Waals surface area (Å²) < 4.78 is 32.7. The number of hydrogen-bond acceptors (Lipinski definition) is 5. The lowest BCUT2D eigenvalue weighted by atomic mass is 10.2. The highest BCUT2D eigenvalue weighted by molar-refractivity contribution is 7.99. The van der Waals surface area contributed by atoms with Crippen molar-refractivity contribution < 1.29 is 23.1 Å². The van der Waals surface area contributed by atoms with Gasteiger partial charge in [-0.1, -0.05) is 30.1 Å². The Morgan fingerprint density at radius 1 is 1.13 bits per heavy atom. The summed E-state index contributed by atoms with van der Waals surface area (Å²) >= 11 is 13.5. The molecule has 6 nitrogen and oxygen atoms in total. The molecule has 2 rings (SSSR count). The summed E-state index contributed by atoms with van der Waals surface area (Å²) in [7, 11) is -3.72. The first-order chi connectivity index (χ1) is 14.1. The Labute approximate surface area is 191 Å². The average molecular weight is 492 g/mol. The van der Waals surface area contributed by atoms with Crippen LogP contribution in [0.2, 0.25) is 10.0 Å². The molecule has 0 aromatic heterocycles. The van der Waals surface area contributed by atoms with Gasteiger partial charge in [-0.2, -0.15) is 4.31 Å². The standard InChI is InChI=1S/C20H23Cl2NO5S2/c1-3-6-23(30(26,27)18-11-15(21)10-16(22)12-18)7-8-29-17-4-5-19(14(2)9-17)28-13-20(24)25/h4-5,9-12H,3,6-8,13H2,1-2H3,(H,24,25). The molecule has 0 bridgehead atoms. The number of aryl methyl sites for hydroxylation is 1. The number of nitrogens with zero attached hydrogens (tertiary/aromatic N) is 1. The third-order valence-corrected chi connectivity index (χ3v) is 7.34. The van der Waals surface area contributed by atoms with Gasteiger partial charge in [-0.3, -0.25) is 0 Å². The molecular weight excluding hydrogens is 469 g/mol. The van der Waals surface area contributed by atoms with Crippen LogP contribution in [0, 0.1) is 6.92 Å². The van der Waals surface area contributed by atoms with Crippen molar-refractivity contribution in [1.82, 2.24) is 4.31 Å². The van der Waals surface area contributed by atoms with Gasteiger partial charge in [0, 0.05) is 33.8 Å². The molecule has 30 heavy (non-hydrogen) atoms. The Kier molecular flexibility index (Phi) is 9.31. The highest BCUT2D eigenvalue weighted by atomic mass is 35.5. The molecule has 0 fully saturated rings. The number of carbonyl (C=O) groups is 1. The van der Waals surface area contributed by atoms with Crippen LogP contribution in [0.3, 0.4) is 0 Å². The lowest BCUT2D eigenvalue weighted by molar-refractivity contribution is -0.139. The predicted molar refractivity (Wildman–Crippen MR) is 121 cm³/mol. The minimum atomic E-state index is -3.72. The zero-order chi connectivity index (χ0) is 22.3. The van der Waals surface area contributed by atoms with E-state index in [0.29, 0.717) is 31.0 Å². The predicted octanol–water partition coefficient (Wildman–Crippen LogP) is 4.96. The van der Waals surface area contributed by atoms with Gasteiger partial charge in [-0.05, 0) is 55.3 Å². The molecule has 0 heterocycles. The van der Waals surface area contributed by atoms with Gasteiger partial charge in [-0.25, -0.2) is 13.2 Å². The van der Waals surface area contributed by atoms with Crippen molar-refractivity contribution >= 4 is 51.0 Å². The fraction of sp³-hybridized carbons (Fsp3) is 0.350. The summed E-state index contributed by atoms with van der Waals surface area (Å²) in [4.78, 5) is 11.7. The molecule has 2 aromatic carbocycles. The SMILES string of the molecule is CCCN(CCSc1ccc(OCC(=O)O)c(C)c1)S(=O)(=O)c1cc(Cl)cc(Cl)c1. The quantitative estimate of drug-likeness (QED) is 0.447. The van der Waals surface area contributed by atoms with E-state index in [-0.39, 0.29) is 14.9 Å². The molecule has 0 aliphatic heterocycles. The van der Waals surface area contributed by atoms with Crippen LogP contribution in [-0.2, 0) is 14.8 Å². The van der Waals surface area contributed by atoms with Gasteiger partial charge >= 0.3 is 5.97 Å². The fourth-order valence-corrected chi connectivity index (χ4v) is 6.05. The molecule has 0 unspecified atom stereocenters. The molecule has 164 valence electrons. The fourth-order valence-electron chi connectivity index (χ4n) is 2.71. The zero-order valence-corrected chi connectivity index (χ0v) is 19.7. The van der Waals surface area contributed by atoms with Crippen LogP contribution < -0.4 is 4.74 Å². The van der Waals surface area contributed by atoms with Crippen molar-refractivity contribution in [3.8, 4) is 5.75 Å². The highest BCUT2D eigenvalue weighted by Gasteiger charge is 2.24. The van der Waals surface area contributed by atoms with Gasteiger partial charge in [0.2, 0.25) is 10.0 Å². The molecule has 2 aromatic rings. The van der Waals surface area contributed by atoms with Crippen LogP contribution in [0.1, 0.15) is 18.9 Å². The maximum atomic E-state index is 13.0. The number of ether oxygens (including phenoxy) is 1. The van der Waals surface area contributed by atoms with Crippen LogP contribution in [-0.4, -0.2) is 49.2 Å². The smallest absolute Gasteiger partial charge is 0.341 e. The summed E-state index contributed by atoms with van der Waals surface area (Å²) in [5, 5.41) is 9.25. The first kappa shape index (κ1) is 24.8. The molecule has 0 amide bonds. The van der Waals surface area contributed by atoms with Crippen LogP contribution in [0.15, 0.2) is 46.2 Å². The maximum Gasteiger partial charge on any atom is 0.341 e. The third-order valence-electron chi connectivity index (χ3n) is 4.05. The second kappa shape index (κ2) is 11.2. The first-order valence-corrected chi connectivity index (χ1v) is 12.4. The summed E-state index contributed by atoms with van der Waals surface area (Å²) in [6.45, 7) is 4.05. The number of aliphatic carboxylic acids is 1. The summed E-state index contributed by atoms with van der Waals surface area (Å²) in [5.74, 6) is 0.0169. The van der Waals surface area contributed by atoms with Crippen LogP contribution in [0.25, 0.3) is 0 Å². The van der Waals surface area contributed by atoms with Gasteiger partial charge in [0.15, 0.2) is 6.61 Å². The molecule has 0 aliphatic carbocycles. The Morgan fingerprint density at radius 2 is 1.80 bits per heavy atom. The van der Waals surface area contributed by atoms with Gasteiger partial charge in [0.1, 0.15) is 5.75 Å². The average Bonchev–Trinajstić information content (AvgIpc) is 2.65. The van der Waals surface area contributed by atoms with Gasteiger partial charge in [0.25, 0.3) is 0 Å². The lowest BCUT2D eigenvalue weighted by Crippen LogP contribution is -2.33. The van der Waals surface area contributed by atoms with Crippen LogP contribution in [0.5, 0.6) is 5.75 Å². The highest BCUT2D eigenvalue weighted by Crippen LogP contribution is 2.28. The lowest BCUT2D eigenvalue weighted by Gasteiger charge is -2.22. The van der Waals surface area contributed by atoms with Crippen molar-refractivity contribution in [2.75, 3.05) is 25.4 Å². The number of rotatable bonds is 11. The van der Waals surface area contributed by atoms with E-state index >= 15 is 0 Å². The largest absolute Gasteiger partial charge is 0.482 e. The molecular formula is C20H23Cl2NO5S2. The molecule has 1 N–H and O–H groups in total. The van der Waals surface area contributed by atoms with E-state index in [1.807, 2.05) is 26.0 Å². The topological polar surface area (TPSA) is 83.9 Å². The van der Waals surface area contributed by atoms with E-state index in [0.717, 1.165) is 10.5 Å². The maximum absolute atomic E-state index is 13.0. The van der Waals surface area contributed by atoms with Crippen molar-refractivity contribution in [1.29, 1.82) is 0 Å².